The van der Waals surface area contributed by atoms with Gasteiger partial charge in [0.05, 0.1) is 27.5 Å². The van der Waals surface area contributed by atoms with Gasteiger partial charge in [-0.25, -0.2) is 17.5 Å². The van der Waals surface area contributed by atoms with Gasteiger partial charge in [-0.3, -0.25) is 19.6 Å². The summed E-state index contributed by atoms with van der Waals surface area (Å²) in [5.41, 5.74) is 1.99. The first-order valence-electron chi connectivity index (χ1n) is 9.89. The highest BCUT2D eigenvalue weighted by atomic mass is 35.5. The molecule has 0 aliphatic carbocycles. The summed E-state index contributed by atoms with van der Waals surface area (Å²) in [5.74, 6) is -0.373. The Labute approximate surface area is 199 Å². The van der Waals surface area contributed by atoms with Gasteiger partial charge < -0.3 is 0 Å². The molecule has 0 radical (unpaired) electrons. The van der Waals surface area contributed by atoms with Crippen LogP contribution in [0.3, 0.4) is 0 Å². The highest BCUT2D eigenvalue weighted by molar-refractivity contribution is 7.92. The molecule has 0 unspecified atom stereocenters. The van der Waals surface area contributed by atoms with E-state index in [0.717, 1.165) is 0 Å². The predicted octanol–water partition coefficient (Wildman–Crippen LogP) is 4.00. The van der Waals surface area contributed by atoms with Gasteiger partial charge in [-0.05, 0) is 74.5 Å². The maximum Gasteiger partial charge on any atom is 0.280 e. The molecular formula is C22H18ClFN6O3S. The second kappa shape index (κ2) is 9.20. The molecule has 0 aliphatic heterocycles. The number of aromatic nitrogens is 4. The van der Waals surface area contributed by atoms with Gasteiger partial charge in [-0.2, -0.15) is 0 Å². The molecule has 0 atom stereocenters. The molecule has 4 rings (SSSR count). The van der Waals surface area contributed by atoms with E-state index in [2.05, 4.69) is 25.0 Å². The molecular weight excluding hydrogens is 483 g/mol. The van der Waals surface area contributed by atoms with Crippen LogP contribution in [0.15, 0.2) is 75.3 Å². The number of rotatable bonds is 6. The molecule has 4 aromatic rings. The Balaban J connectivity index is 1.58. The van der Waals surface area contributed by atoms with E-state index in [1.54, 1.807) is 13.8 Å². The van der Waals surface area contributed by atoms with E-state index in [1.807, 2.05) is 0 Å². The Morgan fingerprint density at radius 3 is 2.35 bits per heavy atom. The fourth-order valence-corrected chi connectivity index (χ4v) is 4.36. The second-order valence-corrected chi connectivity index (χ2v) is 9.34. The van der Waals surface area contributed by atoms with Gasteiger partial charge in [0.25, 0.3) is 15.6 Å². The summed E-state index contributed by atoms with van der Waals surface area (Å²) >= 11 is 5.66. The van der Waals surface area contributed by atoms with Gasteiger partial charge in [-0.1, -0.05) is 11.6 Å². The SMILES string of the molecule is CC(=Nc1ccc(S(=O)(=O)Nc2ccc(Cl)nn2)cc1)c1c(C)[nH]n(-c2ccc(F)cc2)c1=O. The largest absolute Gasteiger partial charge is 0.295 e. The lowest BCUT2D eigenvalue weighted by Gasteiger charge is -2.07. The van der Waals surface area contributed by atoms with Crippen LogP contribution in [-0.2, 0) is 10.0 Å². The molecule has 0 aliphatic rings. The van der Waals surface area contributed by atoms with Crippen LogP contribution in [0.5, 0.6) is 0 Å². The van der Waals surface area contributed by atoms with E-state index in [9.17, 15) is 17.6 Å². The molecule has 0 fully saturated rings. The number of hydrogen-bond donors (Lipinski definition) is 2. The Kier molecular flexibility index (Phi) is 6.31. The summed E-state index contributed by atoms with van der Waals surface area (Å²) in [5, 5.41) is 10.4. The minimum Gasteiger partial charge on any atom is -0.295 e. The highest BCUT2D eigenvalue weighted by Crippen LogP contribution is 2.20. The van der Waals surface area contributed by atoms with Crippen LogP contribution >= 0.6 is 11.6 Å². The van der Waals surface area contributed by atoms with Crippen molar-refractivity contribution in [3.8, 4) is 5.69 Å². The summed E-state index contributed by atoms with van der Waals surface area (Å²) < 4.78 is 42.0. The van der Waals surface area contributed by atoms with E-state index in [-0.39, 0.29) is 21.4 Å². The molecule has 0 amide bonds. The number of halogens is 2. The fraction of sp³-hybridized carbons (Fsp3) is 0.0909. The third-order valence-electron chi connectivity index (χ3n) is 4.83. The Morgan fingerprint density at radius 2 is 1.74 bits per heavy atom. The summed E-state index contributed by atoms with van der Waals surface area (Å²) in [4.78, 5) is 17.4. The quantitative estimate of drug-likeness (QED) is 0.387. The lowest BCUT2D eigenvalue weighted by Crippen LogP contribution is -2.19. The first-order valence-corrected chi connectivity index (χ1v) is 11.8. The first kappa shape index (κ1) is 23.3. The number of aryl methyl sites for hydroxylation is 1. The maximum atomic E-state index is 13.2. The van der Waals surface area contributed by atoms with Crippen molar-refractivity contribution >= 4 is 38.8 Å². The van der Waals surface area contributed by atoms with Gasteiger partial charge >= 0.3 is 0 Å². The molecule has 0 saturated heterocycles. The van der Waals surface area contributed by atoms with Crippen molar-refractivity contribution < 1.29 is 12.8 Å². The highest BCUT2D eigenvalue weighted by Gasteiger charge is 2.17. The molecule has 0 spiro atoms. The van der Waals surface area contributed by atoms with E-state index in [4.69, 9.17) is 11.6 Å². The van der Waals surface area contributed by atoms with Crippen LogP contribution in [0.2, 0.25) is 5.15 Å². The van der Waals surface area contributed by atoms with E-state index in [1.165, 1.54) is 65.3 Å². The zero-order chi connectivity index (χ0) is 24.5. The number of hydrogen-bond acceptors (Lipinski definition) is 6. The maximum absolute atomic E-state index is 13.2. The summed E-state index contributed by atoms with van der Waals surface area (Å²) in [7, 11) is -3.90. The third kappa shape index (κ3) is 4.90. The summed E-state index contributed by atoms with van der Waals surface area (Å²) in [6.45, 7) is 3.41. The number of nitrogens with zero attached hydrogens (tertiary/aromatic N) is 4. The zero-order valence-corrected chi connectivity index (χ0v) is 19.5. The lowest BCUT2D eigenvalue weighted by atomic mass is 10.1. The van der Waals surface area contributed by atoms with E-state index in [0.29, 0.717) is 28.3 Å². The number of aliphatic imine (C=N–C) groups is 1. The minimum absolute atomic E-state index is 0.00246. The van der Waals surface area contributed by atoms with Crippen LogP contribution in [0, 0.1) is 12.7 Å². The Morgan fingerprint density at radius 1 is 1.06 bits per heavy atom. The predicted molar refractivity (Wildman–Crippen MR) is 127 cm³/mol. The normalized spacial score (nSPS) is 12.1. The molecule has 2 aromatic heterocycles. The van der Waals surface area contributed by atoms with Crippen molar-refractivity contribution in [3.05, 3.63) is 93.2 Å². The van der Waals surface area contributed by atoms with Gasteiger partial charge in [0.2, 0.25) is 0 Å². The first-order chi connectivity index (χ1) is 16.1. The molecule has 2 N–H and O–H groups in total. The van der Waals surface area contributed by atoms with Gasteiger partial charge in [0.1, 0.15) is 5.82 Å². The lowest BCUT2D eigenvalue weighted by molar-refractivity contribution is 0.601. The standard InChI is InChI=1S/C22H18ClFN6O3S/c1-13(21-14(2)28-30(22(21)31)17-7-3-15(24)4-8-17)25-16-5-9-18(10-6-16)34(32,33)29-20-12-11-19(23)26-27-20/h3-12,28H,1-2H3,(H,27,29). The summed E-state index contributed by atoms with van der Waals surface area (Å²) in [6.07, 6.45) is 0. The molecule has 0 bridgehead atoms. The number of sulfonamides is 1. The van der Waals surface area contributed by atoms with Crippen LogP contribution in [0.25, 0.3) is 5.69 Å². The summed E-state index contributed by atoms with van der Waals surface area (Å²) in [6, 6.07) is 14.1. The van der Waals surface area contributed by atoms with Crippen molar-refractivity contribution in [3.63, 3.8) is 0 Å². The van der Waals surface area contributed by atoms with Crippen molar-refractivity contribution in [1.82, 2.24) is 20.0 Å². The van der Waals surface area contributed by atoms with E-state index >= 15 is 0 Å². The number of nitrogens with one attached hydrogen (secondary N) is 2. The molecule has 2 aromatic carbocycles. The average Bonchev–Trinajstić information content (AvgIpc) is 3.10. The molecule has 2 heterocycles. The minimum atomic E-state index is -3.90. The van der Waals surface area contributed by atoms with Crippen molar-refractivity contribution in [1.29, 1.82) is 0 Å². The van der Waals surface area contributed by atoms with Gasteiger partial charge in [0, 0.05) is 5.69 Å². The van der Waals surface area contributed by atoms with Gasteiger partial charge in [-0.15, -0.1) is 10.2 Å². The molecule has 34 heavy (non-hydrogen) atoms. The van der Waals surface area contributed by atoms with Crippen molar-refractivity contribution in [2.45, 2.75) is 18.7 Å². The molecule has 12 heteroatoms. The number of benzene rings is 2. The molecule has 174 valence electrons. The molecule has 0 saturated carbocycles. The van der Waals surface area contributed by atoms with Crippen LogP contribution in [0.1, 0.15) is 18.2 Å². The second-order valence-electron chi connectivity index (χ2n) is 7.27. The van der Waals surface area contributed by atoms with Crippen molar-refractivity contribution in [2.75, 3.05) is 4.72 Å². The van der Waals surface area contributed by atoms with Gasteiger partial charge in [0.15, 0.2) is 11.0 Å². The number of anilines is 1. The topological polar surface area (TPSA) is 122 Å². The molecule has 9 nitrogen and oxygen atoms in total. The van der Waals surface area contributed by atoms with Crippen LogP contribution in [0.4, 0.5) is 15.9 Å². The van der Waals surface area contributed by atoms with Crippen LogP contribution < -0.4 is 10.3 Å². The fourth-order valence-electron chi connectivity index (χ4n) is 3.26. The van der Waals surface area contributed by atoms with Crippen LogP contribution in [-0.4, -0.2) is 34.1 Å². The van der Waals surface area contributed by atoms with E-state index < -0.39 is 15.8 Å². The number of H-pyrrole nitrogens is 1. The zero-order valence-electron chi connectivity index (χ0n) is 18.0. The Hall–Kier alpha value is -3.83. The smallest absolute Gasteiger partial charge is 0.280 e. The average molecular weight is 501 g/mol. The monoisotopic (exact) mass is 500 g/mol. The number of aromatic amines is 1. The van der Waals surface area contributed by atoms with Crippen molar-refractivity contribution in [2.24, 2.45) is 4.99 Å². The third-order valence-corrected chi connectivity index (χ3v) is 6.41. The Bertz CT molecular complexity index is 1530.